The van der Waals surface area contributed by atoms with Gasteiger partial charge in [-0.2, -0.15) is 0 Å². The summed E-state index contributed by atoms with van der Waals surface area (Å²) >= 11 is 0. The van der Waals surface area contributed by atoms with Gasteiger partial charge in [0.05, 0.1) is 12.0 Å². The highest BCUT2D eigenvalue weighted by atomic mass is 16.3. The lowest BCUT2D eigenvalue weighted by atomic mass is 9.97. The van der Waals surface area contributed by atoms with E-state index in [0.717, 1.165) is 58.3 Å². The third-order valence-corrected chi connectivity index (χ3v) is 5.40. The number of aromatic nitrogens is 1. The molecule has 1 aromatic heterocycles. The molecule has 1 aliphatic carbocycles. The van der Waals surface area contributed by atoms with Crippen LogP contribution in [0.25, 0.3) is 0 Å². The van der Waals surface area contributed by atoms with Gasteiger partial charge in [0.15, 0.2) is 0 Å². The number of hydrogen-bond acceptors (Lipinski definition) is 4. The van der Waals surface area contributed by atoms with Crippen LogP contribution in [0.1, 0.15) is 44.1 Å². The Morgan fingerprint density at radius 1 is 1.46 bits per heavy atom. The van der Waals surface area contributed by atoms with Gasteiger partial charge >= 0.3 is 0 Å². The first kappa shape index (κ1) is 17.4. The Morgan fingerprint density at radius 2 is 2.25 bits per heavy atom. The van der Waals surface area contributed by atoms with Crippen molar-refractivity contribution in [3.05, 3.63) is 30.1 Å². The van der Waals surface area contributed by atoms with Crippen LogP contribution >= 0.6 is 0 Å². The fourth-order valence-electron chi connectivity index (χ4n) is 4.12. The van der Waals surface area contributed by atoms with Gasteiger partial charge in [-0.15, -0.1) is 0 Å². The molecule has 1 aliphatic heterocycles. The molecular weight excluding hydrogens is 302 g/mol. The summed E-state index contributed by atoms with van der Waals surface area (Å²) in [6.07, 6.45) is 8.73. The molecule has 1 saturated heterocycles. The number of hydrogen-bond donors (Lipinski definition) is 1. The molecule has 2 fully saturated rings. The van der Waals surface area contributed by atoms with Gasteiger partial charge in [0.1, 0.15) is 0 Å². The Hall–Kier alpha value is -1.46. The van der Waals surface area contributed by atoms with E-state index in [2.05, 4.69) is 23.0 Å². The number of carbonyl (C=O) groups is 1. The molecule has 5 heteroatoms. The maximum absolute atomic E-state index is 12.5. The first-order chi connectivity index (χ1) is 11.5. The van der Waals surface area contributed by atoms with Gasteiger partial charge in [0.25, 0.3) is 0 Å². The molecule has 1 N–H and O–H groups in total. The zero-order chi connectivity index (χ0) is 17.0. The van der Waals surface area contributed by atoms with Gasteiger partial charge in [0.2, 0.25) is 5.91 Å². The van der Waals surface area contributed by atoms with Gasteiger partial charge in [0, 0.05) is 38.6 Å². The van der Waals surface area contributed by atoms with Crippen molar-refractivity contribution < 1.29 is 9.90 Å². The van der Waals surface area contributed by atoms with Crippen molar-refractivity contribution in [2.75, 3.05) is 26.7 Å². The number of aliphatic hydroxyl groups is 1. The first-order valence-electron chi connectivity index (χ1n) is 9.12. The fourth-order valence-corrected chi connectivity index (χ4v) is 4.12. The van der Waals surface area contributed by atoms with Gasteiger partial charge < -0.3 is 14.9 Å². The lowest BCUT2D eigenvalue weighted by Gasteiger charge is -2.25. The van der Waals surface area contributed by atoms with E-state index in [-0.39, 0.29) is 5.91 Å². The lowest BCUT2D eigenvalue weighted by Crippen LogP contribution is -2.37. The Balaban J connectivity index is 1.44. The Labute approximate surface area is 144 Å². The van der Waals surface area contributed by atoms with E-state index in [1.54, 1.807) is 6.20 Å². The third kappa shape index (κ3) is 4.54. The van der Waals surface area contributed by atoms with Crippen LogP contribution in [0.3, 0.4) is 0 Å². The van der Waals surface area contributed by atoms with Crippen molar-refractivity contribution in [2.45, 2.75) is 50.7 Å². The van der Waals surface area contributed by atoms with E-state index in [0.29, 0.717) is 12.3 Å². The number of likely N-dealkylation sites (tertiary alicyclic amines) is 1. The number of carbonyl (C=O) groups excluding carboxylic acids is 1. The zero-order valence-corrected chi connectivity index (χ0v) is 14.7. The number of nitrogens with zero attached hydrogens (tertiary/aromatic N) is 3. The van der Waals surface area contributed by atoms with Crippen molar-refractivity contribution in [1.82, 2.24) is 14.8 Å². The zero-order valence-electron chi connectivity index (χ0n) is 14.7. The smallest absolute Gasteiger partial charge is 0.225 e. The van der Waals surface area contributed by atoms with Crippen molar-refractivity contribution in [1.29, 1.82) is 0 Å². The van der Waals surface area contributed by atoms with Crippen LogP contribution in [0.2, 0.25) is 0 Å². The molecule has 0 spiro atoms. The average molecular weight is 331 g/mol. The van der Waals surface area contributed by atoms with Crippen LogP contribution in [-0.2, 0) is 11.3 Å². The predicted molar refractivity (Wildman–Crippen MR) is 93.3 cm³/mol. The minimum Gasteiger partial charge on any atom is -0.389 e. The molecule has 2 heterocycles. The largest absolute Gasteiger partial charge is 0.389 e. The summed E-state index contributed by atoms with van der Waals surface area (Å²) in [5.41, 5.74) is 0.487. The van der Waals surface area contributed by atoms with Gasteiger partial charge in [-0.1, -0.05) is 18.9 Å². The monoisotopic (exact) mass is 331 g/mol. The molecule has 1 aromatic rings. The van der Waals surface area contributed by atoms with E-state index < -0.39 is 5.60 Å². The van der Waals surface area contributed by atoms with E-state index in [1.807, 2.05) is 17.2 Å². The molecule has 0 radical (unpaired) electrons. The molecule has 0 unspecified atom stereocenters. The molecule has 1 saturated carbocycles. The molecule has 132 valence electrons. The predicted octanol–water partition coefficient (Wildman–Crippen LogP) is 2.06. The minimum atomic E-state index is -0.730. The first-order valence-corrected chi connectivity index (χ1v) is 9.12. The number of pyridine rings is 1. The van der Waals surface area contributed by atoms with Crippen LogP contribution in [0, 0.1) is 5.92 Å². The molecule has 0 bridgehead atoms. The van der Waals surface area contributed by atoms with Crippen molar-refractivity contribution >= 4 is 5.91 Å². The van der Waals surface area contributed by atoms with E-state index in [4.69, 9.17) is 0 Å². The Morgan fingerprint density at radius 3 is 2.96 bits per heavy atom. The second-order valence-corrected chi connectivity index (χ2v) is 7.66. The van der Waals surface area contributed by atoms with Crippen molar-refractivity contribution in [3.63, 3.8) is 0 Å². The van der Waals surface area contributed by atoms with Crippen LogP contribution < -0.4 is 0 Å². The van der Waals surface area contributed by atoms with E-state index >= 15 is 0 Å². The maximum atomic E-state index is 12.5. The minimum absolute atomic E-state index is 0.136. The van der Waals surface area contributed by atoms with Crippen LogP contribution in [0.5, 0.6) is 0 Å². The lowest BCUT2D eigenvalue weighted by molar-refractivity contribution is -0.135. The van der Waals surface area contributed by atoms with Crippen molar-refractivity contribution in [3.8, 4) is 0 Å². The Kier molecular flexibility index (Phi) is 5.51. The summed E-state index contributed by atoms with van der Waals surface area (Å²) in [7, 11) is 2.12. The Bertz CT molecular complexity index is 543. The van der Waals surface area contributed by atoms with Crippen LogP contribution in [0.15, 0.2) is 24.5 Å². The topological polar surface area (TPSA) is 56.7 Å². The molecule has 1 atom stereocenters. The number of amides is 1. The average Bonchev–Trinajstić information content (AvgIpc) is 3.17. The molecule has 5 nitrogen and oxygen atoms in total. The summed E-state index contributed by atoms with van der Waals surface area (Å²) in [5, 5.41) is 10.4. The quantitative estimate of drug-likeness (QED) is 0.867. The van der Waals surface area contributed by atoms with Gasteiger partial charge in [-0.3, -0.25) is 9.78 Å². The summed E-state index contributed by atoms with van der Waals surface area (Å²) in [4.78, 5) is 20.9. The molecule has 24 heavy (non-hydrogen) atoms. The molecular formula is C19H29N3O2. The van der Waals surface area contributed by atoms with Gasteiger partial charge in [-0.05, 0) is 43.9 Å². The maximum Gasteiger partial charge on any atom is 0.225 e. The summed E-state index contributed by atoms with van der Waals surface area (Å²) in [6, 6.07) is 4.06. The fraction of sp³-hybridized carbons (Fsp3) is 0.684. The SMILES string of the molecule is CN(Cc1cccnc1)C[C@@H]1CCN(C(=O)CC2(O)CCCC2)C1. The number of rotatable bonds is 6. The van der Waals surface area contributed by atoms with Crippen LogP contribution in [-0.4, -0.2) is 58.1 Å². The van der Waals surface area contributed by atoms with E-state index in [9.17, 15) is 9.90 Å². The second-order valence-electron chi connectivity index (χ2n) is 7.66. The summed E-state index contributed by atoms with van der Waals surface area (Å²) in [5.74, 6) is 0.658. The molecule has 0 aromatic carbocycles. The van der Waals surface area contributed by atoms with Gasteiger partial charge in [-0.25, -0.2) is 0 Å². The summed E-state index contributed by atoms with van der Waals surface area (Å²) in [6.45, 7) is 3.54. The highest BCUT2D eigenvalue weighted by Crippen LogP contribution is 2.33. The standard InChI is InChI=1S/C19H29N3O2/c1-21(13-16-5-4-9-20-12-16)14-17-6-10-22(15-17)18(23)11-19(24)7-2-3-8-19/h4-5,9,12,17,24H,2-3,6-8,10-11,13-15H2,1H3/t17-/m0/s1. The third-order valence-electron chi connectivity index (χ3n) is 5.40. The molecule has 1 amide bonds. The normalized spacial score (nSPS) is 23.1. The highest BCUT2D eigenvalue weighted by Gasteiger charge is 2.36. The second kappa shape index (κ2) is 7.62. The summed E-state index contributed by atoms with van der Waals surface area (Å²) < 4.78 is 0. The van der Waals surface area contributed by atoms with Crippen molar-refractivity contribution in [2.24, 2.45) is 5.92 Å². The molecule has 2 aliphatic rings. The van der Waals surface area contributed by atoms with E-state index in [1.165, 1.54) is 5.56 Å². The molecule has 3 rings (SSSR count). The highest BCUT2D eigenvalue weighted by molar-refractivity contribution is 5.77. The van der Waals surface area contributed by atoms with Crippen LogP contribution in [0.4, 0.5) is 0 Å².